The highest BCUT2D eigenvalue weighted by Crippen LogP contribution is 2.25. The van der Waals surface area contributed by atoms with Crippen LogP contribution >= 0.6 is 15.9 Å². The second-order valence-electron chi connectivity index (χ2n) is 5.43. The Hall–Kier alpha value is -1.90. The Labute approximate surface area is 156 Å². The summed E-state index contributed by atoms with van der Waals surface area (Å²) in [6.45, 7) is 0.272. The first-order valence-corrected chi connectivity index (χ1v) is 9.63. The quantitative estimate of drug-likeness (QED) is 0.769. The summed E-state index contributed by atoms with van der Waals surface area (Å²) in [6, 6.07) is 11.8. The zero-order valence-electron chi connectivity index (χ0n) is 14.1. The van der Waals surface area contributed by atoms with Gasteiger partial charge in [0.25, 0.3) is 5.91 Å². The van der Waals surface area contributed by atoms with Gasteiger partial charge in [0.2, 0.25) is 10.0 Å². The standard InChI is InChI=1S/C17H19BrN2O4S/c1-20(2)25(22,23)16-10-12(8-9-14(16)18)17(21)19-11-13-6-4-5-7-15(13)24-3/h4-10H,11H2,1-3H3,(H,19,21). The van der Waals surface area contributed by atoms with Crippen molar-refractivity contribution in [2.75, 3.05) is 21.2 Å². The van der Waals surface area contributed by atoms with Crippen molar-refractivity contribution >= 4 is 31.9 Å². The van der Waals surface area contributed by atoms with Gasteiger partial charge in [-0.25, -0.2) is 12.7 Å². The Morgan fingerprint density at radius 1 is 1.20 bits per heavy atom. The molecule has 0 saturated heterocycles. The molecule has 0 aliphatic carbocycles. The smallest absolute Gasteiger partial charge is 0.251 e. The maximum Gasteiger partial charge on any atom is 0.251 e. The van der Waals surface area contributed by atoms with Crippen LogP contribution in [0.5, 0.6) is 5.75 Å². The normalized spacial score (nSPS) is 11.4. The van der Waals surface area contributed by atoms with Crippen molar-refractivity contribution in [3.63, 3.8) is 0 Å². The third-order valence-electron chi connectivity index (χ3n) is 3.58. The van der Waals surface area contributed by atoms with Gasteiger partial charge in [-0.2, -0.15) is 0 Å². The highest BCUT2D eigenvalue weighted by molar-refractivity contribution is 9.10. The zero-order valence-corrected chi connectivity index (χ0v) is 16.5. The molecule has 2 rings (SSSR count). The molecule has 25 heavy (non-hydrogen) atoms. The van der Waals surface area contributed by atoms with Crippen molar-refractivity contribution < 1.29 is 17.9 Å². The summed E-state index contributed by atoms with van der Waals surface area (Å²) in [4.78, 5) is 12.4. The van der Waals surface area contributed by atoms with Gasteiger partial charge in [-0.05, 0) is 40.2 Å². The largest absolute Gasteiger partial charge is 0.496 e. The third-order valence-corrected chi connectivity index (χ3v) is 6.39. The van der Waals surface area contributed by atoms with Crippen LogP contribution in [0.25, 0.3) is 0 Å². The molecular weight excluding hydrogens is 408 g/mol. The Morgan fingerprint density at radius 3 is 2.52 bits per heavy atom. The number of nitrogens with zero attached hydrogens (tertiary/aromatic N) is 1. The maximum atomic E-state index is 12.4. The number of carbonyl (C=O) groups is 1. The molecule has 0 saturated carbocycles. The number of para-hydroxylation sites is 1. The summed E-state index contributed by atoms with van der Waals surface area (Å²) in [5.41, 5.74) is 1.09. The molecule has 0 radical (unpaired) electrons. The van der Waals surface area contributed by atoms with Crippen LogP contribution in [-0.2, 0) is 16.6 Å². The van der Waals surface area contributed by atoms with Gasteiger partial charge < -0.3 is 10.1 Å². The molecule has 2 aromatic rings. The average molecular weight is 427 g/mol. The lowest BCUT2D eigenvalue weighted by Crippen LogP contribution is -2.25. The van der Waals surface area contributed by atoms with Crippen molar-refractivity contribution in [1.82, 2.24) is 9.62 Å². The molecule has 0 heterocycles. The molecule has 6 nitrogen and oxygen atoms in total. The summed E-state index contributed by atoms with van der Waals surface area (Å²) >= 11 is 3.22. The van der Waals surface area contributed by atoms with E-state index in [9.17, 15) is 13.2 Å². The average Bonchev–Trinajstić information content (AvgIpc) is 2.59. The number of rotatable bonds is 6. The summed E-state index contributed by atoms with van der Waals surface area (Å²) in [5.74, 6) is 0.308. The van der Waals surface area contributed by atoms with E-state index in [0.29, 0.717) is 10.2 Å². The molecule has 134 valence electrons. The van der Waals surface area contributed by atoms with Gasteiger partial charge in [-0.3, -0.25) is 4.79 Å². The molecule has 0 aliphatic heterocycles. The third kappa shape index (κ3) is 4.39. The fraction of sp³-hybridized carbons (Fsp3) is 0.235. The van der Waals surface area contributed by atoms with E-state index in [0.717, 1.165) is 9.87 Å². The number of hydrogen-bond donors (Lipinski definition) is 1. The number of nitrogens with one attached hydrogen (secondary N) is 1. The van der Waals surface area contributed by atoms with Crippen molar-refractivity contribution in [3.8, 4) is 5.75 Å². The number of carbonyl (C=O) groups excluding carboxylic acids is 1. The van der Waals surface area contributed by atoms with Crippen LogP contribution in [0, 0.1) is 0 Å². The van der Waals surface area contributed by atoms with Gasteiger partial charge in [0.1, 0.15) is 5.75 Å². The van der Waals surface area contributed by atoms with Crippen LogP contribution < -0.4 is 10.1 Å². The van der Waals surface area contributed by atoms with Crippen molar-refractivity contribution in [2.45, 2.75) is 11.4 Å². The van der Waals surface area contributed by atoms with E-state index in [1.165, 1.54) is 20.2 Å². The monoisotopic (exact) mass is 426 g/mol. The Morgan fingerprint density at radius 2 is 1.88 bits per heavy atom. The Bertz CT molecular complexity index is 882. The lowest BCUT2D eigenvalue weighted by molar-refractivity contribution is 0.0950. The van der Waals surface area contributed by atoms with E-state index in [-0.39, 0.29) is 22.9 Å². The van der Waals surface area contributed by atoms with Crippen LogP contribution in [-0.4, -0.2) is 39.8 Å². The topological polar surface area (TPSA) is 75.7 Å². The Kier molecular flexibility index (Phi) is 6.21. The number of halogens is 1. The Balaban J connectivity index is 2.23. The first-order chi connectivity index (χ1) is 11.8. The van der Waals surface area contributed by atoms with E-state index in [1.807, 2.05) is 24.3 Å². The number of hydrogen-bond acceptors (Lipinski definition) is 4. The number of benzene rings is 2. The summed E-state index contributed by atoms with van der Waals surface area (Å²) in [5, 5.41) is 2.77. The summed E-state index contributed by atoms with van der Waals surface area (Å²) in [7, 11) is 0.790. The molecule has 8 heteroatoms. The van der Waals surface area contributed by atoms with E-state index >= 15 is 0 Å². The number of amides is 1. The van der Waals surface area contributed by atoms with E-state index in [4.69, 9.17) is 4.74 Å². The zero-order chi connectivity index (χ0) is 18.6. The van der Waals surface area contributed by atoms with Crippen LogP contribution in [0.3, 0.4) is 0 Å². The molecule has 1 amide bonds. The van der Waals surface area contributed by atoms with Gasteiger partial charge in [0.05, 0.1) is 12.0 Å². The number of ether oxygens (including phenoxy) is 1. The van der Waals surface area contributed by atoms with Gasteiger partial charge in [0.15, 0.2) is 0 Å². The van der Waals surface area contributed by atoms with Crippen LogP contribution in [0.4, 0.5) is 0 Å². The van der Waals surface area contributed by atoms with Gasteiger partial charge in [0, 0.05) is 36.2 Å². The van der Waals surface area contributed by atoms with Crippen molar-refractivity contribution in [1.29, 1.82) is 0 Å². The molecule has 1 N–H and O–H groups in total. The first-order valence-electron chi connectivity index (χ1n) is 7.39. The number of sulfonamides is 1. The first kappa shape index (κ1) is 19.4. The SMILES string of the molecule is COc1ccccc1CNC(=O)c1ccc(Br)c(S(=O)(=O)N(C)C)c1. The predicted octanol–water partition coefficient (Wildman–Crippen LogP) is 2.64. The second kappa shape index (κ2) is 7.99. The molecule has 0 fully saturated rings. The van der Waals surface area contributed by atoms with Crippen molar-refractivity contribution in [2.24, 2.45) is 0 Å². The molecule has 0 aromatic heterocycles. The lowest BCUT2D eigenvalue weighted by Gasteiger charge is -2.14. The number of methoxy groups -OCH3 is 1. The fourth-order valence-corrected chi connectivity index (χ4v) is 4.01. The summed E-state index contributed by atoms with van der Waals surface area (Å²) < 4.78 is 31.4. The molecule has 0 atom stereocenters. The maximum absolute atomic E-state index is 12.4. The van der Waals surface area contributed by atoms with Gasteiger partial charge >= 0.3 is 0 Å². The van der Waals surface area contributed by atoms with Crippen LogP contribution in [0.15, 0.2) is 51.8 Å². The van der Waals surface area contributed by atoms with Gasteiger partial charge in [-0.1, -0.05) is 18.2 Å². The minimum absolute atomic E-state index is 0.0439. The van der Waals surface area contributed by atoms with Crippen LogP contribution in [0.2, 0.25) is 0 Å². The summed E-state index contributed by atoms with van der Waals surface area (Å²) in [6.07, 6.45) is 0. The molecule has 0 spiro atoms. The fourth-order valence-electron chi connectivity index (χ4n) is 2.17. The van der Waals surface area contributed by atoms with E-state index < -0.39 is 10.0 Å². The second-order valence-corrected chi connectivity index (χ2v) is 8.40. The lowest BCUT2D eigenvalue weighted by atomic mass is 10.1. The highest BCUT2D eigenvalue weighted by Gasteiger charge is 2.22. The minimum Gasteiger partial charge on any atom is -0.496 e. The van der Waals surface area contributed by atoms with E-state index in [2.05, 4.69) is 21.2 Å². The highest BCUT2D eigenvalue weighted by atomic mass is 79.9. The molecule has 2 aromatic carbocycles. The van der Waals surface area contributed by atoms with Crippen molar-refractivity contribution in [3.05, 3.63) is 58.1 Å². The predicted molar refractivity (Wildman–Crippen MR) is 99.2 cm³/mol. The molecular formula is C17H19BrN2O4S. The minimum atomic E-state index is -3.65. The van der Waals surface area contributed by atoms with E-state index in [1.54, 1.807) is 19.2 Å². The van der Waals surface area contributed by atoms with Gasteiger partial charge in [-0.15, -0.1) is 0 Å². The molecule has 0 aliphatic rings. The van der Waals surface area contributed by atoms with Crippen LogP contribution in [0.1, 0.15) is 15.9 Å². The molecule has 0 unspecified atom stereocenters. The molecule has 0 bridgehead atoms.